The normalized spacial score (nSPS) is 12.3. The van der Waals surface area contributed by atoms with Gasteiger partial charge in [0.15, 0.2) is 0 Å². The molecule has 0 aliphatic rings. The summed E-state index contributed by atoms with van der Waals surface area (Å²) in [6.07, 6.45) is 2.64. The van der Waals surface area contributed by atoms with Crippen molar-refractivity contribution in [2.75, 3.05) is 7.11 Å². The van der Waals surface area contributed by atoms with Gasteiger partial charge in [0, 0.05) is 18.0 Å². The first-order valence-electron chi connectivity index (χ1n) is 9.86. The lowest BCUT2D eigenvalue weighted by Crippen LogP contribution is -2.24. The molecule has 0 aliphatic carbocycles. The molecule has 2 aromatic carbocycles. The van der Waals surface area contributed by atoms with E-state index < -0.39 is 6.10 Å². The Bertz CT molecular complexity index is 1250. The second-order valence-electron chi connectivity index (χ2n) is 7.67. The molecule has 4 aromatic rings. The molecule has 0 saturated heterocycles. The lowest BCUT2D eigenvalue weighted by molar-refractivity contribution is 0.153. The number of aryl methyl sites for hydroxylation is 3. The average Bonchev–Trinajstić information content (AvgIpc) is 3.14. The molecular weight excluding hydrogens is 378 g/mol. The van der Waals surface area contributed by atoms with E-state index in [0.717, 1.165) is 33.6 Å². The molecule has 0 bridgehead atoms. The number of aliphatic hydroxyl groups excluding tert-OH is 1. The highest BCUT2D eigenvalue weighted by Gasteiger charge is 2.17. The molecule has 0 amide bonds. The van der Waals surface area contributed by atoms with Crippen LogP contribution in [0.25, 0.3) is 16.8 Å². The summed E-state index contributed by atoms with van der Waals surface area (Å²) in [4.78, 5) is 13.0. The largest absolute Gasteiger partial charge is 0.497 e. The molecule has 0 radical (unpaired) electrons. The van der Waals surface area contributed by atoms with E-state index in [0.29, 0.717) is 11.2 Å². The van der Waals surface area contributed by atoms with Crippen molar-refractivity contribution >= 4 is 5.52 Å². The SMILES string of the molecule is COc1ccc(-c2cc3c(=O)n(C[C@@H](O)c4c(C)cc(C)cc4C)ccn3n2)cc1. The van der Waals surface area contributed by atoms with Crippen LogP contribution in [0.4, 0.5) is 0 Å². The number of aliphatic hydroxyl groups is 1. The Balaban J connectivity index is 1.67. The van der Waals surface area contributed by atoms with E-state index in [1.165, 1.54) is 4.57 Å². The summed E-state index contributed by atoms with van der Waals surface area (Å²) in [6, 6.07) is 13.4. The Hall–Kier alpha value is -3.38. The molecule has 6 nitrogen and oxygen atoms in total. The molecule has 30 heavy (non-hydrogen) atoms. The maximum absolute atomic E-state index is 13.0. The van der Waals surface area contributed by atoms with Gasteiger partial charge in [0.05, 0.1) is 25.5 Å². The van der Waals surface area contributed by atoms with Crippen LogP contribution < -0.4 is 10.3 Å². The Morgan fingerprint density at radius 3 is 2.33 bits per heavy atom. The van der Waals surface area contributed by atoms with Crippen LogP contribution in [0.15, 0.2) is 59.7 Å². The average molecular weight is 403 g/mol. The van der Waals surface area contributed by atoms with Gasteiger partial charge in [0.2, 0.25) is 0 Å². The third-order valence-electron chi connectivity index (χ3n) is 5.43. The van der Waals surface area contributed by atoms with Gasteiger partial charge in [-0.1, -0.05) is 17.7 Å². The molecule has 2 aromatic heterocycles. The number of methoxy groups -OCH3 is 1. The minimum Gasteiger partial charge on any atom is -0.497 e. The van der Waals surface area contributed by atoms with Crippen molar-refractivity contribution in [3.63, 3.8) is 0 Å². The van der Waals surface area contributed by atoms with Crippen LogP contribution in [0.2, 0.25) is 0 Å². The summed E-state index contributed by atoms with van der Waals surface area (Å²) in [5.41, 5.74) is 5.97. The van der Waals surface area contributed by atoms with Gasteiger partial charge in [-0.2, -0.15) is 5.10 Å². The highest BCUT2D eigenvalue weighted by atomic mass is 16.5. The van der Waals surface area contributed by atoms with Crippen molar-refractivity contribution < 1.29 is 9.84 Å². The van der Waals surface area contributed by atoms with E-state index >= 15 is 0 Å². The lowest BCUT2D eigenvalue weighted by Gasteiger charge is -2.18. The first kappa shape index (κ1) is 19.9. The minimum absolute atomic E-state index is 0.184. The van der Waals surface area contributed by atoms with Crippen molar-refractivity contribution in [3.8, 4) is 17.0 Å². The fraction of sp³-hybridized carbons (Fsp3) is 0.250. The van der Waals surface area contributed by atoms with Crippen LogP contribution in [-0.2, 0) is 6.54 Å². The summed E-state index contributed by atoms with van der Waals surface area (Å²) in [6.45, 7) is 6.20. The number of rotatable bonds is 5. The Labute approximate surface area is 175 Å². The van der Waals surface area contributed by atoms with E-state index in [9.17, 15) is 9.90 Å². The third kappa shape index (κ3) is 3.62. The monoisotopic (exact) mass is 403 g/mol. The van der Waals surface area contributed by atoms with E-state index in [1.54, 1.807) is 30.1 Å². The fourth-order valence-corrected chi connectivity index (χ4v) is 4.07. The van der Waals surface area contributed by atoms with Crippen molar-refractivity contribution in [2.24, 2.45) is 0 Å². The van der Waals surface area contributed by atoms with Crippen LogP contribution in [0, 0.1) is 20.8 Å². The summed E-state index contributed by atoms with van der Waals surface area (Å²) >= 11 is 0. The number of nitrogens with zero attached hydrogens (tertiary/aromatic N) is 3. The number of ether oxygens (including phenoxy) is 1. The van der Waals surface area contributed by atoms with Crippen molar-refractivity contribution in [3.05, 3.63) is 87.5 Å². The van der Waals surface area contributed by atoms with Crippen molar-refractivity contribution in [1.29, 1.82) is 0 Å². The first-order chi connectivity index (χ1) is 14.4. The molecule has 0 saturated carbocycles. The van der Waals surface area contributed by atoms with Crippen LogP contribution in [0.3, 0.4) is 0 Å². The number of hydrogen-bond acceptors (Lipinski definition) is 4. The number of benzene rings is 2. The molecule has 2 heterocycles. The molecule has 0 unspecified atom stereocenters. The van der Waals surface area contributed by atoms with Gasteiger partial charge in [0.1, 0.15) is 11.3 Å². The molecule has 1 N–H and O–H groups in total. The second-order valence-corrected chi connectivity index (χ2v) is 7.67. The highest BCUT2D eigenvalue weighted by molar-refractivity contribution is 5.66. The molecule has 154 valence electrons. The first-order valence-corrected chi connectivity index (χ1v) is 9.86. The van der Waals surface area contributed by atoms with Gasteiger partial charge < -0.3 is 14.4 Å². The standard InChI is InChI=1S/C24H25N3O3/c1-15-11-16(2)23(17(3)12-15)22(28)14-26-9-10-27-21(24(26)29)13-20(25-27)18-5-7-19(30-4)8-6-18/h5-13,22,28H,14H2,1-4H3/t22-/m1/s1. The maximum Gasteiger partial charge on any atom is 0.276 e. The van der Waals surface area contributed by atoms with Crippen LogP contribution in [-0.4, -0.2) is 26.4 Å². The summed E-state index contributed by atoms with van der Waals surface area (Å²) in [7, 11) is 1.62. The predicted octanol–water partition coefficient (Wildman–Crippen LogP) is 3.83. The van der Waals surface area contributed by atoms with Crippen LogP contribution >= 0.6 is 0 Å². The molecule has 0 aliphatic heterocycles. The topological polar surface area (TPSA) is 68.8 Å². The molecule has 4 rings (SSSR count). The van der Waals surface area contributed by atoms with Crippen LogP contribution in [0.5, 0.6) is 5.75 Å². The van der Waals surface area contributed by atoms with Gasteiger partial charge in [-0.3, -0.25) is 4.79 Å². The number of aromatic nitrogens is 3. The number of hydrogen-bond donors (Lipinski definition) is 1. The summed E-state index contributed by atoms with van der Waals surface area (Å²) in [5.74, 6) is 0.764. The Morgan fingerprint density at radius 1 is 1.03 bits per heavy atom. The van der Waals surface area contributed by atoms with Crippen LogP contribution in [0.1, 0.15) is 28.4 Å². The quantitative estimate of drug-likeness (QED) is 0.550. The molecule has 1 atom stereocenters. The summed E-state index contributed by atoms with van der Waals surface area (Å²) < 4.78 is 8.31. The van der Waals surface area contributed by atoms with E-state index in [1.807, 2.05) is 45.0 Å². The van der Waals surface area contributed by atoms with Gasteiger partial charge in [-0.05, 0) is 67.8 Å². The minimum atomic E-state index is -0.769. The van der Waals surface area contributed by atoms with Gasteiger partial charge in [0.25, 0.3) is 5.56 Å². The zero-order valence-corrected chi connectivity index (χ0v) is 17.6. The zero-order chi connectivity index (χ0) is 21.4. The predicted molar refractivity (Wildman–Crippen MR) is 117 cm³/mol. The maximum atomic E-state index is 13.0. The highest BCUT2D eigenvalue weighted by Crippen LogP contribution is 2.25. The van der Waals surface area contributed by atoms with Crippen molar-refractivity contribution in [1.82, 2.24) is 14.2 Å². The molecule has 0 fully saturated rings. The fourth-order valence-electron chi connectivity index (χ4n) is 4.07. The lowest BCUT2D eigenvalue weighted by atomic mass is 9.95. The number of fused-ring (bicyclic) bond motifs is 1. The van der Waals surface area contributed by atoms with Gasteiger partial charge >= 0.3 is 0 Å². The van der Waals surface area contributed by atoms with E-state index in [2.05, 4.69) is 17.2 Å². The Morgan fingerprint density at radius 2 is 1.70 bits per heavy atom. The van der Waals surface area contributed by atoms with E-state index in [4.69, 9.17) is 4.74 Å². The van der Waals surface area contributed by atoms with E-state index in [-0.39, 0.29) is 12.1 Å². The third-order valence-corrected chi connectivity index (χ3v) is 5.43. The second kappa shape index (κ2) is 7.80. The molecule has 0 spiro atoms. The van der Waals surface area contributed by atoms with Gasteiger partial charge in [-0.15, -0.1) is 0 Å². The van der Waals surface area contributed by atoms with Crippen molar-refractivity contribution in [2.45, 2.75) is 33.4 Å². The smallest absolute Gasteiger partial charge is 0.276 e. The molecule has 6 heteroatoms. The molecular formula is C24H25N3O3. The Kier molecular flexibility index (Phi) is 5.18. The van der Waals surface area contributed by atoms with Gasteiger partial charge in [-0.25, -0.2) is 4.52 Å². The summed E-state index contributed by atoms with van der Waals surface area (Å²) in [5, 5.41) is 15.4. The zero-order valence-electron chi connectivity index (χ0n) is 17.6.